The van der Waals surface area contributed by atoms with Gasteiger partial charge in [0.2, 0.25) is 0 Å². The second-order valence-electron chi connectivity index (χ2n) is 9.82. The van der Waals surface area contributed by atoms with Crippen LogP contribution < -0.4 is 0 Å². The zero-order valence-corrected chi connectivity index (χ0v) is 22.5. The summed E-state index contributed by atoms with van der Waals surface area (Å²) in [5, 5.41) is 0. The molecule has 0 bridgehead atoms. The van der Waals surface area contributed by atoms with Gasteiger partial charge in [-0.05, 0) is 26.2 Å². The number of esters is 2. The molecule has 0 aromatic carbocycles. The fourth-order valence-electron chi connectivity index (χ4n) is 4.14. The summed E-state index contributed by atoms with van der Waals surface area (Å²) in [4.78, 5) is 23.7. The number of hydrogen-bond acceptors (Lipinski definition) is 4. The number of rotatable bonds is 25. The molecule has 1 atom stereocenters. The largest absolute Gasteiger partial charge is 0.466 e. The van der Waals surface area contributed by atoms with Crippen LogP contribution in [-0.4, -0.2) is 24.6 Å². The molecular weight excluding hydrogens is 412 g/mol. The second-order valence-corrected chi connectivity index (χ2v) is 9.82. The zero-order valence-electron chi connectivity index (χ0n) is 22.5. The Hall–Kier alpha value is -1.06. The summed E-state index contributed by atoms with van der Waals surface area (Å²) in [5.74, 6) is -0.569. The van der Waals surface area contributed by atoms with E-state index >= 15 is 0 Å². The third kappa shape index (κ3) is 25.4. The smallest absolute Gasteiger partial charge is 0.306 e. The van der Waals surface area contributed by atoms with Gasteiger partial charge in [-0.1, -0.05) is 123 Å². The monoisotopic (exact) mass is 468 g/mol. The molecule has 0 aromatic heterocycles. The Balaban J connectivity index is 3.40. The average molecular weight is 469 g/mol. The number of unbranched alkanes of at least 4 members (excludes halogenated alkanes) is 17. The molecule has 0 saturated carbocycles. The van der Waals surface area contributed by atoms with Gasteiger partial charge < -0.3 is 9.47 Å². The van der Waals surface area contributed by atoms with E-state index in [0.717, 1.165) is 25.7 Å². The molecular formula is C29H56O4. The van der Waals surface area contributed by atoms with Crippen LogP contribution >= 0.6 is 0 Å². The van der Waals surface area contributed by atoms with Crippen molar-refractivity contribution in [2.75, 3.05) is 6.61 Å². The van der Waals surface area contributed by atoms with E-state index in [4.69, 9.17) is 9.47 Å². The van der Waals surface area contributed by atoms with Crippen molar-refractivity contribution in [3.8, 4) is 0 Å². The average Bonchev–Trinajstić information content (AvgIpc) is 2.80. The lowest BCUT2D eigenvalue weighted by Gasteiger charge is -2.13. The quantitative estimate of drug-likeness (QED) is 0.0990. The van der Waals surface area contributed by atoms with E-state index in [0.29, 0.717) is 6.61 Å². The Morgan fingerprint density at radius 1 is 0.545 bits per heavy atom. The van der Waals surface area contributed by atoms with Crippen LogP contribution in [0.1, 0.15) is 162 Å². The van der Waals surface area contributed by atoms with E-state index in [-0.39, 0.29) is 30.9 Å². The number of ether oxygens (including phenoxy) is 2. The van der Waals surface area contributed by atoms with Gasteiger partial charge in [-0.25, -0.2) is 0 Å². The topological polar surface area (TPSA) is 52.6 Å². The van der Waals surface area contributed by atoms with Crippen LogP contribution in [0.2, 0.25) is 0 Å². The van der Waals surface area contributed by atoms with Crippen LogP contribution in [0.4, 0.5) is 0 Å². The minimum absolute atomic E-state index is 0.0644. The zero-order chi connectivity index (χ0) is 24.4. The summed E-state index contributed by atoms with van der Waals surface area (Å²) in [6.07, 6.45) is 25.4. The van der Waals surface area contributed by atoms with E-state index in [1.165, 1.54) is 103 Å². The third-order valence-electron chi connectivity index (χ3n) is 6.34. The molecule has 1 unspecified atom stereocenters. The summed E-state index contributed by atoms with van der Waals surface area (Å²) in [5.41, 5.74) is 0. The molecule has 196 valence electrons. The van der Waals surface area contributed by atoms with Crippen LogP contribution in [0.25, 0.3) is 0 Å². The molecule has 0 radical (unpaired) electrons. The van der Waals surface area contributed by atoms with E-state index in [1.54, 1.807) is 0 Å². The lowest BCUT2D eigenvalue weighted by atomic mass is 10.0. The molecule has 4 nitrogen and oxygen atoms in total. The molecule has 0 heterocycles. The first-order valence-corrected chi connectivity index (χ1v) is 14.4. The van der Waals surface area contributed by atoms with Crippen LogP contribution in [0, 0.1) is 0 Å². The third-order valence-corrected chi connectivity index (χ3v) is 6.34. The molecule has 0 fully saturated rings. The van der Waals surface area contributed by atoms with Gasteiger partial charge in [0, 0.05) is 0 Å². The molecule has 4 heteroatoms. The summed E-state index contributed by atoms with van der Waals surface area (Å²) in [6.45, 7) is 6.90. The van der Waals surface area contributed by atoms with Gasteiger partial charge in [-0.3, -0.25) is 9.59 Å². The molecule has 0 aliphatic carbocycles. The van der Waals surface area contributed by atoms with E-state index < -0.39 is 0 Å². The first kappa shape index (κ1) is 31.9. The van der Waals surface area contributed by atoms with Crippen LogP contribution in [0.5, 0.6) is 0 Å². The van der Waals surface area contributed by atoms with Crippen molar-refractivity contribution in [2.24, 2.45) is 0 Å². The minimum atomic E-state index is -0.286. The summed E-state index contributed by atoms with van der Waals surface area (Å²) in [6, 6.07) is 0. The Bertz CT molecular complexity index is 435. The molecule has 33 heavy (non-hydrogen) atoms. The van der Waals surface area contributed by atoms with Crippen molar-refractivity contribution in [2.45, 2.75) is 168 Å². The highest BCUT2D eigenvalue weighted by atomic mass is 16.5. The summed E-state index contributed by atoms with van der Waals surface area (Å²) < 4.78 is 10.7. The van der Waals surface area contributed by atoms with Crippen LogP contribution in [-0.2, 0) is 19.1 Å². The van der Waals surface area contributed by atoms with Gasteiger partial charge in [-0.2, -0.15) is 0 Å². The van der Waals surface area contributed by atoms with Crippen LogP contribution in [0.15, 0.2) is 0 Å². The normalized spacial score (nSPS) is 12.0. The maximum atomic E-state index is 11.9. The van der Waals surface area contributed by atoms with Gasteiger partial charge in [0.05, 0.1) is 25.6 Å². The van der Waals surface area contributed by atoms with Gasteiger partial charge >= 0.3 is 11.9 Å². The van der Waals surface area contributed by atoms with Gasteiger partial charge in [-0.15, -0.1) is 0 Å². The van der Waals surface area contributed by atoms with Crippen molar-refractivity contribution < 1.29 is 19.1 Å². The molecule has 0 rings (SSSR count). The Kier molecular flexibility index (Phi) is 24.7. The van der Waals surface area contributed by atoms with Crippen molar-refractivity contribution in [3.05, 3.63) is 0 Å². The van der Waals surface area contributed by atoms with Crippen molar-refractivity contribution in [1.29, 1.82) is 0 Å². The second kappa shape index (κ2) is 25.6. The molecule has 0 amide bonds. The first-order valence-electron chi connectivity index (χ1n) is 14.4. The van der Waals surface area contributed by atoms with Crippen molar-refractivity contribution in [3.63, 3.8) is 0 Å². The van der Waals surface area contributed by atoms with Crippen molar-refractivity contribution in [1.82, 2.24) is 0 Å². The van der Waals surface area contributed by atoms with E-state index in [2.05, 4.69) is 13.8 Å². The Morgan fingerprint density at radius 3 is 1.42 bits per heavy atom. The lowest BCUT2D eigenvalue weighted by Crippen LogP contribution is -2.16. The standard InChI is InChI=1S/C29H56O4/c1-4-6-8-10-12-13-14-15-16-17-18-20-22-26-32-28(30)24-25-29(31)33-27(3)23-21-19-11-9-7-5-2/h27H,4-26H2,1-3H3. The Morgan fingerprint density at radius 2 is 0.939 bits per heavy atom. The fourth-order valence-corrected chi connectivity index (χ4v) is 4.14. The first-order chi connectivity index (χ1) is 16.1. The summed E-state index contributed by atoms with van der Waals surface area (Å²) >= 11 is 0. The Labute approximate surface area is 206 Å². The maximum absolute atomic E-state index is 11.9. The number of carbonyl (C=O) groups excluding carboxylic acids is 2. The molecule has 0 N–H and O–H groups in total. The predicted molar refractivity (Wildman–Crippen MR) is 139 cm³/mol. The lowest BCUT2D eigenvalue weighted by molar-refractivity contribution is -0.153. The highest BCUT2D eigenvalue weighted by molar-refractivity contribution is 5.77. The highest BCUT2D eigenvalue weighted by Crippen LogP contribution is 2.13. The molecule has 0 aromatic rings. The molecule has 0 aliphatic heterocycles. The fraction of sp³-hybridized carbons (Fsp3) is 0.931. The maximum Gasteiger partial charge on any atom is 0.306 e. The van der Waals surface area contributed by atoms with Crippen LogP contribution in [0.3, 0.4) is 0 Å². The SMILES string of the molecule is CCCCCCCCCCCCCCCOC(=O)CCC(=O)OC(C)CCCCCCCC. The predicted octanol–water partition coefficient (Wildman–Crippen LogP) is 9.08. The van der Waals surface area contributed by atoms with Gasteiger partial charge in [0.25, 0.3) is 0 Å². The van der Waals surface area contributed by atoms with Crippen molar-refractivity contribution >= 4 is 11.9 Å². The van der Waals surface area contributed by atoms with Gasteiger partial charge in [0.1, 0.15) is 0 Å². The van der Waals surface area contributed by atoms with Gasteiger partial charge in [0.15, 0.2) is 0 Å². The molecule has 0 spiro atoms. The number of hydrogen-bond donors (Lipinski definition) is 0. The minimum Gasteiger partial charge on any atom is -0.466 e. The highest BCUT2D eigenvalue weighted by Gasteiger charge is 2.12. The molecule has 0 saturated heterocycles. The van der Waals surface area contributed by atoms with E-state index in [9.17, 15) is 9.59 Å². The van der Waals surface area contributed by atoms with E-state index in [1.807, 2.05) is 6.92 Å². The number of carbonyl (C=O) groups is 2. The molecule has 0 aliphatic rings. The summed E-state index contributed by atoms with van der Waals surface area (Å²) in [7, 11) is 0.